The van der Waals surface area contributed by atoms with Gasteiger partial charge in [-0.05, 0) is 24.3 Å². The van der Waals surface area contributed by atoms with E-state index in [4.69, 9.17) is 5.11 Å². The molecule has 0 saturated carbocycles. The molecule has 2 rings (SSSR count). The van der Waals surface area contributed by atoms with E-state index in [0.29, 0.717) is 18.7 Å². The predicted molar refractivity (Wildman–Crippen MR) is 62.2 cm³/mol. The number of β-amino-alcohol motifs (C(OH)–C–C–N with tert-alkyl or cyclic N) is 1. The van der Waals surface area contributed by atoms with E-state index in [9.17, 15) is 18.0 Å². The monoisotopic (exact) mass is 274 g/mol. The number of carbonyl (C=O) groups is 1. The number of halogens is 3. The van der Waals surface area contributed by atoms with Gasteiger partial charge in [0, 0.05) is 19.5 Å². The molecule has 1 aromatic rings. The number of amides is 1. The smallest absolute Gasteiger partial charge is 0.395 e. The summed E-state index contributed by atoms with van der Waals surface area (Å²) in [7, 11) is 0. The highest BCUT2D eigenvalue weighted by molar-refractivity contribution is 5.94. The van der Waals surface area contributed by atoms with Crippen molar-refractivity contribution in [2.45, 2.75) is 12.6 Å². The Balaban J connectivity index is 2.23. The Morgan fingerprint density at radius 2 is 1.84 bits per heavy atom. The van der Waals surface area contributed by atoms with Crippen molar-refractivity contribution in [1.82, 2.24) is 5.01 Å². The zero-order chi connectivity index (χ0) is 14.0. The Morgan fingerprint density at radius 1 is 1.21 bits per heavy atom. The van der Waals surface area contributed by atoms with E-state index in [1.807, 2.05) is 0 Å². The quantitative estimate of drug-likeness (QED) is 0.911. The summed E-state index contributed by atoms with van der Waals surface area (Å²) in [6.07, 6.45) is -4.10. The SMILES string of the molecule is O=C1CCN(CCO)N1c1ccc(C(F)(F)F)cc1. The third-order valence-corrected chi connectivity index (χ3v) is 2.90. The van der Waals surface area contributed by atoms with Gasteiger partial charge in [0.2, 0.25) is 5.91 Å². The van der Waals surface area contributed by atoms with Gasteiger partial charge in [0.05, 0.1) is 17.9 Å². The second kappa shape index (κ2) is 5.18. The minimum absolute atomic E-state index is 0.121. The molecule has 1 saturated heterocycles. The van der Waals surface area contributed by atoms with E-state index < -0.39 is 11.7 Å². The van der Waals surface area contributed by atoms with Crippen LogP contribution in [0.3, 0.4) is 0 Å². The zero-order valence-electron chi connectivity index (χ0n) is 10.0. The van der Waals surface area contributed by atoms with Gasteiger partial charge in [0.25, 0.3) is 0 Å². The number of hydrogen-bond donors (Lipinski definition) is 1. The maximum atomic E-state index is 12.4. The number of anilines is 1. The number of benzene rings is 1. The first-order chi connectivity index (χ1) is 8.93. The highest BCUT2D eigenvalue weighted by atomic mass is 19.4. The maximum Gasteiger partial charge on any atom is 0.416 e. The average Bonchev–Trinajstić information content (AvgIpc) is 2.70. The maximum absolute atomic E-state index is 12.4. The second-order valence-corrected chi connectivity index (χ2v) is 4.18. The Kier molecular flexibility index (Phi) is 3.77. The summed E-state index contributed by atoms with van der Waals surface area (Å²) in [4.78, 5) is 11.7. The number of carbonyl (C=O) groups excluding carboxylic acids is 1. The third-order valence-electron chi connectivity index (χ3n) is 2.90. The number of rotatable bonds is 3. The third kappa shape index (κ3) is 2.87. The van der Waals surface area contributed by atoms with Crippen molar-refractivity contribution in [3.8, 4) is 0 Å². The van der Waals surface area contributed by atoms with Crippen LogP contribution in [0.2, 0.25) is 0 Å². The molecule has 4 nitrogen and oxygen atoms in total. The number of aliphatic hydroxyl groups is 1. The highest BCUT2D eigenvalue weighted by Gasteiger charge is 2.32. The molecule has 1 aromatic carbocycles. The van der Waals surface area contributed by atoms with Crippen LogP contribution in [0.15, 0.2) is 24.3 Å². The van der Waals surface area contributed by atoms with Crippen LogP contribution >= 0.6 is 0 Å². The minimum Gasteiger partial charge on any atom is -0.395 e. The molecular weight excluding hydrogens is 261 g/mol. The first kappa shape index (κ1) is 13.8. The van der Waals surface area contributed by atoms with Gasteiger partial charge in [-0.3, -0.25) is 4.79 Å². The number of alkyl halides is 3. The summed E-state index contributed by atoms with van der Waals surface area (Å²) in [6.45, 7) is 0.609. The van der Waals surface area contributed by atoms with Crippen molar-refractivity contribution >= 4 is 11.6 Å². The van der Waals surface area contributed by atoms with Crippen LogP contribution in [-0.2, 0) is 11.0 Å². The van der Waals surface area contributed by atoms with Crippen LogP contribution in [0.1, 0.15) is 12.0 Å². The molecule has 1 fully saturated rings. The fourth-order valence-corrected chi connectivity index (χ4v) is 2.01. The lowest BCUT2D eigenvalue weighted by molar-refractivity contribution is -0.137. The molecule has 0 aliphatic carbocycles. The van der Waals surface area contributed by atoms with E-state index in [1.165, 1.54) is 17.1 Å². The van der Waals surface area contributed by atoms with Gasteiger partial charge in [-0.15, -0.1) is 0 Å². The number of aliphatic hydroxyl groups excluding tert-OH is 1. The molecule has 0 atom stereocenters. The molecule has 0 radical (unpaired) electrons. The van der Waals surface area contributed by atoms with Crippen molar-refractivity contribution < 1.29 is 23.1 Å². The van der Waals surface area contributed by atoms with Crippen LogP contribution in [0.25, 0.3) is 0 Å². The first-order valence-corrected chi connectivity index (χ1v) is 5.79. The van der Waals surface area contributed by atoms with Gasteiger partial charge in [-0.2, -0.15) is 13.2 Å². The molecule has 1 heterocycles. The van der Waals surface area contributed by atoms with Crippen molar-refractivity contribution in [3.63, 3.8) is 0 Å². The first-order valence-electron chi connectivity index (χ1n) is 5.79. The summed E-state index contributed by atoms with van der Waals surface area (Å²) < 4.78 is 37.3. The van der Waals surface area contributed by atoms with Gasteiger partial charge in [-0.25, -0.2) is 10.0 Å². The van der Waals surface area contributed by atoms with Gasteiger partial charge in [-0.1, -0.05) is 0 Å². The molecule has 1 aliphatic heterocycles. The van der Waals surface area contributed by atoms with Gasteiger partial charge < -0.3 is 5.11 Å². The molecule has 0 spiro atoms. The van der Waals surface area contributed by atoms with Crippen LogP contribution in [0, 0.1) is 0 Å². The number of hydrazine groups is 1. The Morgan fingerprint density at radius 3 is 2.37 bits per heavy atom. The molecule has 0 unspecified atom stereocenters. The van der Waals surface area contributed by atoms with Crippen LogP contribution in [0.4, 0.5) is 18.9 Å². The van der Waals surface area contributed by atoms with Crippen molar-refractivity contribution in [1.29, 1.82) is 0 Å². The van der Waals surface area contributed by atoms with E-state index in [-0.39, 0.29) is 19.1 Å². The average molecular weight is 274 g/mol. The van der Waals surface area contributed by atoms with E-state index >= 15 is 0 Å². The van der Waals surface area contributed by atoms with E-state index in [1.54, 1.807) is 5.01 Å². The lowest BCUT2D eigenvalue weighted by atomic mass is 10.2. The summed E-state index contributed by atoms with van der Waals surface area (Å²) in [5.41, 5.74) is -0.374. The Bertz CT molecular complexity index is 459. The second-order valence-electron chi connectivity index (χ2n) is 4.18. The van der Waals surface area contributed by atoms with Gasteiger partial charge in [0.15, 0.2) is 0 Å². The fourth-order valence-electron chi connectivity index (χ4n) is 2.01. The Labute approximate surface area is 108 Å². The van der Waals surface area contributed by atoms with Crippen LogP contribution in [-0.4, -0.2) is 35.7 Å². The molecule has 104 valence electrons. The minimum atomic E-state index is -4.39. The summed E-state index contributed by atoms with van der Waals surface area (Å²) in [6, 6.07) is 4.41. The standard InChI is InChI=1S/C12H13F3N2O2/c13-12(14,15)9-1-3-10(4-2-9)17-11(19)5-6-16(17)7-8-18/h1-4,18H,5-8H2. The molecule has 1 aliphatic rings. The highest BCUT2D eigenvalue weighted by Crippen LogP contribution is 2.31. The largest absolute Gasteiger partial charge is 0.416 e. The van der Waals surface area contributed by atoms with Crippen molar-refractivity contribution in [2.75, 3.05) is 24.7 Å². The summed E-state index contributed by atoms with van der Waals surface area (Å²) in [5.74, 6) is -0.187. The van der Waals surface area contributed by atoms with E-state index in [0.717, 1.165) is 12.1 Å². The van der Waals surface area contributed by atoms with Crippen LogP contribution < -0.4 is 5.01 Å². The topological polar surface area (TPSA) is 43.8 Å². The van der Waals surface area contributed by atoms with Crippen molar-refractivity contribution in [3.05, 3.63) is 29.8 Å². The normalized spacial score (nSPS) is 17.3. The van der Waals surface area contributed by atoms with Gasteiger partial charge in [0.1, 0.15) is 0 Å². The van der Waals surface area contributed by atoms with E-state index in [2.05, 4.69) is 0 Å². The lowest BCUT2D eigenvalue weighted by Crippen LogP contribution is -2.40. The molecule has 1 N–H and O–H groups in total. The molecule has 0 bridgehead atoms. The van der Waals surface area contributed by atoms with Crippen molar-refractivity contribution in [2.24, 2.45) is 0 Å². The molecule has 19 heavy (non-hydrogen) atoms. The molecular formula is C12H13F3N2O2. The molecule has 7 heteroatoms. The lowest BCUT2D eigenvalue weighted by Gasteiger charge is -2.27. The number of hydrogen-bond acceptors (Lipinski definition) is 3. The number of nitrogens with zero attached hydrogens (tertiary/aromatic N) is 2. The summed E-state index contributed by atoms with van der Waals surface area (Å²) >= 11 is 0. The Hall–Kier alpha value is -1.60. The summed E-state index contributed by atoms with van der Waals surface area (Å²) in [5, 5.41) is 11.8. The molecule has 1 amide bonds. The van der Waals surface area contributed by atoms with Crippen LogP contribution in [0.5, 0.6) is 0 Å². The van der Waals surface area contributed by atoms with Gasteiger partial charge >= 0.3 is 6.18 Å². The fraction of sp³-hybridized carbons (Fsp3) is 0.417. The zero-order valence-corrected chi connectivity index (χ0v) is 10.0. The predicted octanol–water partition coefficient (Wildman–Crippen LogP) is 1.65. The molecule has 0 aromatic heterocycles.